The Kier molecular flexibility index (Phi) is 6.41. The predicted molar refractivity (Wildman–Crippen MR) is 117 cm³/mol. The van der Waals surface area contributed by atoms with E-state index in [1.165, 1.54) is 16.8 Å². The van der Waals surface area contributed by atoms with Gasteiger partial charge in [-0.3, -0.25) is 14.3 Å². The van der Waals surface area contributed by atoms with Crippen molar-refractivity contribution in [3.63, 3.8) is 0 Å². The Morgan fingerprint density at radius 1 is 1.39 bits per heavy atom. The van der Waals surface area contributed by atoms with E-state index in [2.05, 4.69) is 41.4 Å². The maximum absolute atomic E-state index is 12.3. The molecule has 1 aliphatic rings. The Labute approximate surface area is 192 Å². The minimum absolute atomic E-state index is 0.0314. The van der Waals surface area contributed by atoms with Crippen LogP contribution in [-0.2, 0) is 4.74 Å². The Bertz CT molecular complexity index is 1260. The molecule has 3 heterocycles. The Morgan fingerprint density at radius 3 is 2.82 bits per heavy atom. The molecular formula is C17H19BrN8O7. The number of halogens is 1. The second kappa shape index (κ2) is 9.12. The van der Waals surface area contributed by atoms with Crippen molar-refractivity contribution in [2.45, 2.75) is 24.5 Å². The van der Waals surface area contributed by atoms with Crippen LogP contribution in [0.4, 0.5) is 17.6 Å². The molecule has 9 N–H and O–H groups in total. The second-order valence-electron chi connectivity index (χ2n) is 7.07. The van der Waals surface area contributed by atoms with E-state index in [0.29, 0.717) is 10.0 Å². The molecule has 0 saturated carbocycles. The minimum Gasteiger partial charge on any atom is -0.595 e. The second-order valence-corrected chi connectivity index (χ2v) is 7.93. The van der Waals surface area contributed by atoms with Crippen LogP contribution in [0.15, 0.2) is 32.6 Å². The van der Waals surface area contributed by atoms with Crippen LogP contribution in [0, 0.1) is 5.21 Å². The van der Waals surface area contributed by atoms with Crippen LogP contribution in [-0.4, -0.2) is 71.2 Å². The predicted octanol–water partition coefficient (Wildman–Crippen LogP) is -2.07. The number of nitrogen functional groups attached to an aromatic ring is 1. The number of hydrogen-bond donors (Lipinski definition) is 8. The highest BCUT2D eigenvalue weighted by atomic mass is 79.9. The molecule has 176 valence electrons. The van der Waals surface area contributed by atoms with Crippen LogP contribution in [0.1, 0.15) is 11.8 Å². The zero-order valence-electron chi connectivity index (χ0n) is 16.6. The normalized spacial score (nSPS) is 24.1. The molecule has 0 aliphatic carbocycles. The number of ether oxygens (including phenoxy) is 1. The molecule has 4 rings (SSSR count). The van der Waals surface area contributed by atoms with E-state index in [1.54, 1.807) is 12.1 Å². The number of benzene rings is 1. The summed E-state index contributed by atoms with van der Waals surface area (Å²) in [5.74, 6) is -0.304. The highest BCUT2D eigenvalue weighted by molar-refractivity contribution is 9.10. The molecule has 1 fully saturated rings. The van der Waals surface area contributed by atoms with Gasteiger partial charge in [0.15, 0.2) is 23.1 Å². The van der Waals surface area contributed by atoms with E-state index in [4.69, 9.17) is 10.5 Å². The fourth-order valence-electron chi connectivity index (χ4n) is 3.37. The number of hydrogen-bond acceptors (Lipinski definition) is 12. The lowest BCUT2D eigenvalue weighted by Crippen LogP contribution is -2.99. The molecule has 1 saturated heterocycles. The number of rotatable bonds is 6. The lowest BCUT2D eigenvalue weighted by Gasteiger charge is -2.18. The van der Waals surface area contributed by atoms with Gasteiger partial charge in [-0.15, -0.1) is 0 Å². The maximum Gasteiger partial charge on any atom is 0.280 e. The van der Waals surface area contributed by atoms with E-state index in [9.17, 15) is 30.5 Å². The van der Waals surface area contributed by atoms with E-state index in [1.807, 2.05) is 0 Å². The summed E-state index contributed by atoms with van der Waals surface area (Å²) < 4.78 is 7.13. The van der Waals surface area contributed by atoms with Gasteiger partial charge in [-0.2, -0.15) is 15.3 Å². The summed E-state index contributed by atoms with van der Waals surface area (Å²) in [6.07, 6.45) is -3.96. The molecule has 0 spiro atoms. The summed E-state index contributed by atoms with van der Waals surface area (Å²) in [6.45, 7) is -0.562. The summed E-state index contributed by atoms with van der Waals surface area (Å²) in [5.41, 5.74) is 7.86. The minimum atomic E-state index is -1.49. The third-order valence-corrected chi connectivity index (χ3v) is 5.63. The van der Waals surface area contributed by atoms with Crippen molar-refractivity contribution in [3.05, 3.63) is 43.8 Å². The Morgan fingerprint density at radius 2 is 2.15 bits per heavy atom. The van der Waals surface area contributed by atoms with Gasteiger partial charge in [0.25, 0.3) is 5.56 Å². The topological polar surface area (TPSA) is 232 Å². The number of quaternary nitrogens is 1. The van der Waals surface area contributed by atoms with Crippen LogP contribution in [0.3, 0.4) is 0 Å². The van der Waals surface area contributed by atoms with Gasteiger partial charge in [-0.25, -0.2) is 15.6 Å². The summed E-state index contributed by atoms with van der Waals surface area (Å²) in [5, 5.41) is 53.4. The molecule has 1 aromatic carbocycles. The number of H-pyrrole nitrogens is 1. The maximum atomic E-state index is 12.3. The molecule has 33 heavy (non-hydrogen) atoms. The van der Waals surface area contributed by atoms with Gasteiger partial charge in [0, 0.05) is 11.6 Å². The average molecular weight is 527 g/mol. The van der Waals surface area contributed by atoms with Gasteiger partial charge in [0.1, 0.15) is 18.3 Å². The first-order valence-electron chi connectivity index (χ1n) is 9.43. The highest BCUT2D eigenvalue weighted by Crippen LogP contribution is 2.34. The van der Waals surface area contributed by atoms with Crippen molar-refractivity contribution in [1.29, 1.82) is 0 Å². The summed E-state index contributed by atoms with van der Waals surface area (Å²) in [6, 6.07) is 4.55. The van der Waals surface area contributed by atoms with E-state index in [0.717, 1.165) is 0 Å². The van der Waals surface area contributed by atoms with Gasteiger partial charge in [-0.1, -0.05) is 6.07 Å². The number of aliphatic hydroxyl groups excluding tert-OH is 3. The Hall–Kier alpha value is -2.96. The molecular weight excluding hydrogens is 508 g/mol. The first-order chi connectivity index (χ1) is 15.7. The summed E-state index contributed by atoms with van der Waals surface area (Å²) in [4.78, 5) is 22.8. The molecule has 1 unspecified atom stereocenters. The lowest BCUT2D eigenvalue weighted by molar-refractivity contribution is -0.991. The van der Waals surface area contributed by atoms with E-state index in [-0.39, 0.29) is 28.7 Å². The first-order valence-corrected chi connectivity index (χ1v) is 10.2. The van der Waals surface area contributed by atoms with Crippen molar-refractivity contribution in [1.82, 2.24) is 19.5 Å². The molecule has 5 atom stereocenters. The van der Waals surface area contributed by atoms with Crippen molar-refractivity contribution >= 4 is 50.9 Å². The molecule has 0 amide bonds. The van der Waals surface area contributed by atoms with Gasteiger partial charge >= 0.3 is 0 Å². The van der Waals surface area contributed by atoms with Gasteiger partial charge in [-0.05, 0) is 22.0 Å². The van der Waals surface area contributed by atoms with Crippen LogP contribution in [0.2, 0.25) is 0 Å². The van der Waals surface area contributed by atoms with Crippen LogP contribution >= 0.6 is 15.9 Å². The average Bonchev–Trinajstić information content (AvgIpc) is 3.26. The number of fused-ring (bicyclic) bond motifs is 1. The van der Waals surface area contributed by atoms with Gasteiger partial charge in [0.05, 0.1) is 17.3 Å². The van der Waals surface area contributed by atoms with Crippen LogP contribution in [0.5, 0.6) is 0 Å². The smallest absolute Gasteiger partial charge is 0.280 e. The number of aromatic amines is 1. The number of aliphatic hydroxyl groups is 3. The third kappa shape index (κ3) is 4.33. The summed E-state index contributed by atoms with van der Waals surface area (Å²) in [7, 11) is 0. The standard InChI is InChI=1S/C17H19BrN8O7/c18-7-2-1-6(3-8(7)26(31)32)4-20-24-17-21-10-13(22-16(19)23-14(10)30)25(17)15-12(29)11(28)9(5-27)33-15/h1-4,9,11-12,15,26-29,31H,5H2,(H,21,24)(H3,19,22,23,30)/b20-4-/t9-,11-,12+,15-/m1/s1. The van der Waals surface area contributed by atoms with Crippen LogP contribution < -0.4 is 21.9 Å². The van der Waals surface area contributed by atoms with Crippen molar-refractivity contribution in [2.75, 3.05) is 17.8 Å². The van der Waals surface area contributed by atoms with Crippen molar-refractivity contribution in [3.8, 4) is 0 Å². The molecule has 2 aromatic heterocycles. The highest BCUT2D eigenvalue weighted by Gasteiger charge is 2.45. The third-order valence-electron chi connectivity index (χ3n) is 4.94. The lowest BCUT2D eigenvalue weighted by atomic mass is 10.1. The fraction of sp³-hybridized carbons (Fsp3) is 0.294. The summed E-state index contributed by atoms with van der Waals surface area (Å²) >= 11 is 3.16. The number of imidazole rings is 1. The number of nitrogens with zero attached hydrogens (tertiary/aromatic N) is 4. The monoisotopic (exact) mass is 526 g/mol. The molecule has 0 bridgehead atoms. The van der Waals surface area contributed by atoms with Crippen LogP contribution in [0.25, 0.3) is 11.2 Å². The molecule has 1 aliphatic heterocycles. The van der Waals surface area contributed by atoms with Crippen molar-refractivity contribution < 1.29 is 30.5 Å². The molecule has 0 radical (unpaired) electrons. The number of aromatic nitrogens is 4. The van der Waals surface area contributed by atoms with Crippen molar-refractivity contribution in [2.24, 2.45) is 5.10 Å². The zero-order chi connectivity index (χ0) is 23.9. The van der Waals surface area contributed by atoms with Gasteiger partial charge < -0.3 is 31.0 Å². The number of hydrazone groups is 1. The molecule has 3 aromatic rings. The zero-order valence-corrected chi connectivity index (χ0v) is 18.2. The van der Waals surface area contributed by atoms with E-state index < -0.39 is 41.9 Å². The largest absolute Gasteiger partial charge is 0.595 e. The number of nitrogens with two attached hydrogens (primary N) is 1. The van der Waals surface area contributed by atoms with Gasteiger partial charge in [0.2, 0.25) is 11.9 Å². The Balaban J connectivity index is 1.73. The number of anilines is 2. The SMILES string of the molecule is Nc1nc2c(nc(N/N=C\c3ccc(Br)c([NH+]([O-])O)c3)n2[C@@H]2O[C@H](CO)[C@@H](O)[C@@H]2O)c(=O)[nH]1. The fourth-order valence-corrected chi connectivity index (χ4v) is 3.78. The first kappa shape index (κ1) is 23.2. The quantitative estimate of drug-likeness (QED) is 0.128. The molecule has 16 heteroatoms. The van der Waals surface area contributed by atoms with E-state index >= 15 is 0 Å². The number of nitrogens with one attached hydrogen (secondary N) is 3. The molecule has 15 nitrogen and oxygen atoms in total.